The van der Waals surface area contributed by atoms with Crippen LogP contribution in [0.25, 0.3) is 0 Å². The molecule has 0 aliphatic carbocycles. The zero-order valence-electron chi connectivity index (χ0n) is 14.3. The first-order valence-corrected chi connectivity index (χ1v) is 8.11. The molecular weight excluding hydrogens is 323 g/mol. The van der Waals surface area contributed by atoms with Crippen LogP contribution in [-0.2, 0) is 0 Å². The van der Waals surface area contributed by atoms with Gasteiger partial charge in [0.25, 0.3) is 5.91 Å². The number of hydrogen-bond donors (Lipinski definition) is 1. The Morgan fingerprint density at radius 1 is 1.20 bits per heavy atom. The first kappa shape index (κ1) is 17.2. The molecule has 2 aromatic rings. The average Bonchev–Trinajstić information content (AvgIpc) is 2.63. The number of aromatic nitrogens is 1. The molecule has 2 heterocycles. The van der Waals surface area contributed by atoms with E-state index >= 15 is 0 Å². The van der Waals surface area contributed by atoms with E-state index in [4.69, 9.17) is 4.74 Å². The summed E-state index contributed by atoms with van der Waals surface area (Å²) in [6.07, 6.45) is 1.50. The van der Waals surface area contributed by atoms with Crippen molar-refractivity contribution in [2.75, 3.05) is 50.6 Å². The van der Waals surface area contributed by atoms with Crippen LogP contribution >= 0.6 is 0 Å². The molecule has 6 nitrogen and oxygen atoms in total. The number of likely N-dealkylation sites (N-methyl/N-ethyl adjacent to an activating group) is 1. The number of piperazine rings is 1. The normalized spacial score (nSPS) is 15.1. The van der Waals surface area contributed by atoms with Gasteiger partial charge in [-0.2, -0.15) is 0 Å². The first-order valence-electron chi connectivity index (χ1n) is 8.11. The van der Waals surface area contributed by atoms with Crippen LogP contribution in [0.5, 0.6) is 5.75 Å². The van der Waals surface area contributed by atoms with Gasteiger partial charge in [-0.05, 0) is 31.3 Å². The molecule has 1 N–H and O–H groups in total. The number of nitrogens with one attached hydrogen (secondary N) is 1. The second-order valence-electron chi connectivity index (χ2n) is 5.99. The molecule has 1 aliphatic rings. The summed E-state index contributed by atoms with van der Waals surface area (Å²) in [6, 6.07) is 7.66. The molecular formula is C18H21FN4O2. The SMILES string of the molecule is COc1ccnc(C(=O)Nc2cc(F)ccc2N2CCN(C)CC2)c1. The average molecular weight is 344 g/mol. The second kappa shape index (κ2) is 7.48. The minimum Gasteiger partial charge on any atom is -0.497 e. The van der Waals surface area contributed by atoms with Crippen LogP contribution in [0, 0.1) is 5.82 Å². The monoisotopic (exact) mass is 344 g/mol. The molecule has 1 aliphatic heterocycles. The molecule has 25 heavy (non-hydrogen) atoms. The van der Waals surface area contributed by atoms with Crippen LogP contribution in [0.4, 0.5) is 15.8 Å². The smallest absolute Gasteiger partial charge is 0.274 e. The fraction of sp³-hybridized carbons (Fsp3) is 0.333. The Hall–Kier alpha value is -2.67. The number of pyridine rings is 1. The van der Waals surface area contributed by atoms with Crippen molar-refractivity contribution in [3.63, 3.8) is 0 Å². The van der Waals surface area contributed by atoms with Crippen LogP contribution in [0.1, 0.15) is 10.5 Å². The van der Waals surface area contributed by atoms with Crippen LogP contribution in [0.15, 0.2) is 36.5 Å². The van der Waals surface area contributed by atoms with Gasteiger partial charge in [0.05, 0.1) is 18.5 Å². The van der Waals surface area contributed by atoms with Gasteiger partial charge < -0.3 is 19.9 Å². The lowest BCUT2D eigenvalue weighted by Gasteiger charge is -2.35. The first-order chi connectivity index (χ1) is 12.1. The molecule has 0 atom stereocenters. The predicted octanol–water partition coefficient (Wildman–Crippen LogP) is 2.23. The van der Waals surface area contributed by atoms with Gasteiger partial charge in [-0.3, -0.25) is 9.78 Å². The summed E-state index contributed by atoms with van der Waals surface area (Å²) in [5, 5.41) is 2.78. The van der Waals surface area contributed by atoms with Crippen LogP contribution in [-0.4, -0.2) is 56.1 Å². The summed E-state index contributed by atoms with van der Waals surface area (Å²) in [6.45, 7) is 3.48. The number of hydrogen-bond acceptors (Lipinski definition) is 5. The minimum absolute atomic E-state index is 0.216. The molecule has 1 amide bonds. The topological polar surface area (TPSA) is 57.7 Å². The van der Waals surface area contributed by atoms with E-state index in [1.807, 2.05) is 0 Å². The summed E-state index contributed by atoms with van der Waals surface area (Å²) in [5.74, 6) is -0.259. The van der Waals surface area contributed by atoms with E-state index in [0.29, 0.717) is 11.4 Å². The van der Waals surface area contributed by atoms with Gasteiger partial charge >= 0.3 is 0 Å². The molecule has 132 valence electrons. The largest absolute Gasteiger partial charge is 0.497 e. The number of anilines is 2. The predicted molar refractivity (Wildman–Crippen MR) is 94.9 cm³/mol. The Bertz CT molecular complexity index is 760. The molecule has 1 aromatic heterocycles. The van der Waals surface area contributed by atoms with E-state index in [9.17, 15) is 9.18 Å². The van der Waals surface area contributed by atoms with Crippen molar-refractivity contribution in [3.8, 4) is 5.75 Å². The Morgan fingerprint density at radius 2 is 1.96 bits per heavy atom. The maximum atomic E-state index is 13.7. The number of carbonyl (C=O) groups is 1. The van der Waals surface area contributed by atoms with E-state index in [0.717, 1.165) is 31.9 Å². The van der Waals surface area contributed by atoms with Gasteiger partial charge in [0, 0.05) is 38.4 Å². The van der Waals surface area contributed by atoms with Gasteiger partial charge in [0.2, 0.25) is 0 Å². The maximum Gasteiger partial charge on any atom is 0.274 e. The number of halogens is 1. The number of nitrogens with zero attached hydrogens (tertiary/aromatic N) is 3. The number of benzene rings is 1. The molecule has 0 radical (unpaired) electrons. The summed E-state index contributed by atoms with van der Waals surface area (Å²) in [5.41, 5.74) is 1.47. The van der Waals surface area contributed by atoms with Crippen molar-refractivity contribution in [2.24, 2.45) is 0 Å². The lowest BCUT2D eigenvalue weighted by Crippen LogP contribution is -2.44. The van der Waals surface area contributed by atoms with Gasteiger partial charge in [0.15, 0.2) is 0 Å². The molecule has 1 saturated heterocycles. The second-order valence-corrected chi connectivity index (χ2v) is 5.99. The van der Waals surface area contributed by atoms with Crippen molar-refractivity contribution in [1.82, 2.24) is 9.88 Å². The van der Waals surface area contributed by atoms with Gasteiger partial charge in [-0.25, -0.2) is 4.39 Å². The van der Waals surface area contributed by atoms with Gasteiger partial charge in [-0.15, -0.1) is 0 Å². The molecule has 0 saturated carbocycles. The third-order valence-corrected chi connectivity index (χ3v) is 4.25. The number of ether oxygens (including phenoxy) is 1. The fourth-order valence-electron chi connectivity index (χ4n) is 2.78. The Labute approximate surface area is 146 Å². The van der Waals surface area contributed by atoms with Crippen molar-refractivity contribution in [2.45, 2.75) is 0 Å². The number of carbonyl (C=O) groups excluding carboxylic acids is 1. The van der Waals surface area contributed by atoms with E-state index in [1.165, 1.54) is 25.4 Å². The van der Waals surface area contributed by atoms with E-state index in [2.05, 4.69) is 27.1 Å². The van der Waals surface area contributed by atoms with Crippen LogP contribution in [0.3, 0.4) is 0 Å². The summed E-state index contributed by atoms with van der Waals surface area (Å²) in [7, 11) is 3.59. The lowest BCUT2D eigenvalue weighted by molar-refractivity contribution is 0.102. The highest BCUT2D eigenvalue weighted by Crippen LogP contribution is 2.28. The zero-order chi connectivity index (χ0) is 17.8. The molecule has 0 unspecified atom stereocenters. The fourth-order valence-corrected chi connectivity index (χ4v) is 2.78. The van der Waals surface area contributed by atoms with Crippen LogP contribution in [0.2, 0.25) is 0 Å². The summed E-state index contributed by atoms with van der Waals surface area (Å²) >= 11 is 0. The Morgan fingerprint density at radius 3 is 2.68 bits per heavy atom. The third-order valence-electron chi connectivity index (χ3n) is 4.25. The molecule has 1 fully saturated rings. The van der Waals surface area contributed by atoms with Crippen molar-refractivity contribution in [3.05, 3.63) is 48.0 Å². The number of methoxy groups -OCH3 is 1. The lowest BCUT2D eigenvalue weighted by atomic mass is 10.2. The van der Waals surface area contributed by atoms with Gasteiger partial charge in [-0.1, -0.05) is 0 Å². The molecule has 0 bridgehead atoms. The molecule has 3 rings (SSSR count). The van der Waals surface area contributed by atoms with Crippen LogP contribution < -0.4 is 15.0 Å². The zero-order valence-corrected chi connectivity index (χ0v) is 14.3. The van der Waals surface area contributed by atoms with E-state index < -0.39 is 11.7 Å². The quantitative estimate of drug-likeness (QED) is 0.922. The molecule has 0 spiro atoms. The highest BCUT2D eigenvalue weighted by atomic mass is 19.1. The number of rotatable bonds is 4. The Balaban J connectivity index is 1.83. The molecule has 7 heteroatoms. The standard InChI is InChI=1S/C18H21FN4O2/c1-22-7-9-23(10-8-22)17-4-3-13(19)11-15(17)21-18(24)16-12-14(25-2)5-6-20-16/h3-6,11-12H,7-10H2,1-2H3,(H,21,24). The Kier molecular flexibility index (Phi) is 5.14. The van der Waals surface area contributed by atoms with Gasteiger partial charge in [0.1, 0.15) is 17.3 Å². The summed E-state index contributed by atoms with van der Waals surface area (Å²) < 4.78 is 18.8. The number of amides is 1. The maximum absolute atomic E-state index is 13.7. The van der Waals surface area contributed by atoms with E-state index in [1.54, 1.807) is 18.2 Å². The third kappa shape index (κ3) is 4.06. The van der Waals surface area contributed by atoms with Crippen molar-refractivity contribution < 1.29 is 13.9 Å². The van der Waals surface area contributed by atoms with E-state index in [-0.39, 0.29) is 5.69 Å². The van der Waals surface area contributed by atoms with Crippen molar-refractivity contribution in [1.29, 1.82) is 0 Å². The molecule has 1 aromatic carbocycles. The minimum atomic E-state index is -0.403. The van der Waals surface area contributed by atoms with Crippen molar-refractivity contribution >= 4 is 17.3 Å². The highest BCUT2D eigenvalue weighted by Gasteiger charge is 2.19. The summed E-state index contributed by atoms with van der Waals surface area (Å²) in [4.78, 5) is 20.9. The highest BCUT2D eigenvalue weighted by molar-refractivity contribution is 6.04.